The summed E-state index contributed by atoms with van der Waals surface area (Å²) in [7, 11) is 10.3. The van der Waals surface area contributed by atoms with E-state index in [1.807, 2.05) is 74.4 Å². The molecule has 0 aliphatic carbocycles. The van der Waals surface area contributed by atoms with Crippen LogP contribution in [0.25, 0.3) is 46.4 Å². The van der Waals surface area contributed by atoms with Crippen molar-refractivity contribution in [2.24, 2.45) is 0 Å². The lowest BCUT2D eigenvalue weighted by Gasteiger charge is -2.13. The van der Waals surface area contributed by atoms with Crippen LogP contribution >= 0.6 is 0 Å². The molecule has 0 fully saturated rings. The number of anilines is 2. The average molecular weight is 513 g/mol. The number of aromatic amines is 2. The molecule has 0 saturated heterocycles. The van der Waals surface area contributed by atoms with Gasteiger partial charge in [0.05, 0.1) is 70.4 Å². The molecule has 2 aliphatic rings. The molecular formula is C28H28N6O4. The monoisotopic (exact) mass is 512 g/mol. The Morgan fingerprint density at radius 3 is 1.29 bits per heavy atom. The molecule has 0 atom stereocenters. The second kappa shape index (κ2) is 9.55. The van der Waals surface area contributed by atoms with E-state index in [9.17, 15) is 9.59 Å². The number of H-pyrrole nitrogens is 2. The standard InChI is InChI=1S/C28H28N6O4/c1-33(2)25-19-11-7-15(29-19)23(27(35)37-5)17-9-13-21(31-17)26(34(3)4)22-14-10-18(32-22)24(28(36)38-6)16-8-12-20(25)30-16/h7-14,29,32H,1-6H3. The van der Waals surface area contributed by atoms with Crippen LogP contribution in [-0.4, -0.2) is 74.3 Å². The van der Waals surface area contributed by atoms with Crippen LogP contribution in [0.5, 0.6) is 0 Å². The van der Waals surface area contributed by atoms with Gasteiger partial charge in [0.2, 0.25) is 0 Å². The molecule has 0 amide bonds. The van der Waals surface area contributed by atoms with Crippen molar-refractivity contribution in [3.05, 3.63) is 58.2 Å². The number of carbonyl (C=O) groups excluding carboxylic acids is 2. The highest BCUT2D eigenvalue weighted by molar-refractivity contribution is 6.04. The van der Waals surface area contributed by atoms with Crippen molar-refractivity contribution in [3.8, 4) is 0 Å². The van der Waals surface area contributed by atoms with Crippen LogP contribution in [0, 0.1) is 0 Å². The van der Waals surface area contributed by atoms with Gasteiger partial charge >= 0.3 is 11.9 Å². The van der Waals surface area contributed by atoms with Crippen LogP contribution in [0.1, 0.15) is 43.5 Å². The van der Waals surface area contributed by atoms with E-state index in [0.29, 0.717) is 44.9 Å². The maximum absolute atomic E-state index is 13.0. The molecule has 0 unspecified atom stereocenters. The molecule has 5 heterocycles. The van der Waals surface area contributed by atoms with Gasteiger partial charge in [-0.3, -0.25) is 0 Å². The van der Waals surface area contributed by atoms with Crippen molar-refractivity contribution in [2.45, 2.75) is 0 Å². The summed E-state index contributed by atoms with van der Waals surface area (Å²) < 4.78 is 10.3. The first-order chi connectivity index (χ1) is 18.2. The highest BCUT2D eigenvalue weighted by atomic mass is 16.5. The topological polar surface area (TPSA) is 116 Å². The number of hydrogen-bond acceptors (Lipinski definition) is 8. The Hall–Kier alpha value is -4.86. The number of aromatic nitrogens is 4. The summed E-state index contributed by atoms with van der Waals surface area (Å²) in [4.78, 5) is 46.1. The molecule has 0 saturated carbocycles. The van der Waals surface area contributed by atoms with Crippen LogP contribution < -0.4 is 9.80 Å². The largest absolute Gasteiger partial charge is 0.465 e. The van der Waals surface area contributed by atoms with E-state index in [2.05, 4.69) is 9.97 Å². The molecule has 10 heteroatoms. The zero-order valence-electron chi connectivity index (χ0n) is 22.0. The van der Waals surface area contributed by atoms with Crippen molar-refractivity contribution >= 4 is 69.7 Å². The molecule has 3 aromatic rings. The highest BCUT2D eigenvalue weighted by Gasteiger charge is 2.22. The van der Waals surface area contributed by atoms with Crippen molar-refractivity contribution in [1.29, 1.82) is 0 Å². The van der Waals surface area contributed by atoms with Gasteiger partial charge in [0.15, 0.2) is 0 Å². The fourth-order valence-corrected chi connectivity index (χ4v) is 4.75. The first-order valence-corrected chi connectivity index (χ1v) is 11.9. The highest BCUT2D eigenvalue weighted by Crippen LogP contribution is 2.32. The fourth-order valence-electron chi connectivity index (χ4n) is 4.75. The summed E-state index contributed by atoms with van der Waals surface area (Å²) in [6.45, 7) is 0. The third-order valence-electron chi connectivity index (χ3n) is 6.37. The number of hydrogen-bond donors (Lipinski definition) is 2. The minimum Gasteiger partial charge on any atom is -0.465 e. The number of methoxy groups -OCH3 is 2. The Bertz CT molecular complexity index is 1570. The first-order valence-electron chi connectivity index (χ1n) is 11.9. The van der Waals surface area contributed by atoms with Gasteiger partial charge in [0, 0.05) is 28.2 Å². The Morgan fingerprint density at radius 1 is 0.605 bits per heavy atom. The van der Waals surface area contributed by atoms with Crippen molar-refractivity contribution in [2.75, 3.05) is 52.2 Å². The molecule has 5 rings (SSSR count). The van der Waals surface area contributed by atoms with E-state index < -0.39 is 11.9 Å². The SMILES string of the molecule is COC(=O)c1c2nc(c(N(C)C)c3ccc([nH]3)c(C(=O)OC)c3nc(c(N(C)C)c4ccc1[nH]4)C=C3)C=C2. The van der Waals surface area contributed by atoms with E-state index in [4.69, 9.17) is 19.4 Å². The Kier molecular flexibility index (Phi) is 6.23. The minimum absolute atomic E-state index is 0.318. The van der Waals surface area contributed by atoms with Gasteiger partial charge in [-0.1, -0.05) is 0 Å². The lowest BCUT2D eigenvalue weighted by atomic mass is 10.2. The van der Waals surface area contributed by atoms with Gasteiger partial charge in [0.25, 0.3) is 0 Å². The summed E-state index contributed by atoms with van der Waals surface area (Å²) in [5.74, 6) is -1.01. The first kappa shape index (κ1) is 24.8. The molecule has 0 spiro atoms. The predicted molar refractivity (Wildman–Crippen MR) is 150 cm³/mol. The number of esters is 2. The molecule has 8 bridgehead atoms. The second-order valence-corrected chi connectivity index (χ2v) is 9.22. The second-order valence-electron chi connectivity index (χ2n) is 9.22. The maximum Gasteiger partial charge on any atom is 0.342 e. The summed E-state index contributed by atoms with van der Waals surface area (Å²) in [5, 5.41) is 0. The van der Waals surface area contributed by atoms with Crippen LogP contribution in [0.4, 0.5) is 11.4 Å². The lowest BCUT2D eigenvalue weighted by Crippen LogP contribution is -2.11. The zero-order chi connectivity index (χ0) is 27.1. The Labute approximate surface area is 219 Å². The van der Waals surface area contributed by atoms with Gasteiger partial charge in [-0.2, -0.15) is 0 Å². The number of nitrogens with one attached hydrogen (secondary N) is 2. The molecule has 0 radical (unpaired) electrons. The molecule has 2 N–H and O–H groups in total. The quantitative estimate of drug-likeness (QED) is 0.341. The number of rotatable bonds is 4. The van der Waals surface area contributed by atoms with Crippen LogP contribution in [0.3, 0.4) is 0 Å². The van der Waals surface area contributed by atoms with E-state index in [1.165, 1.54) is 14.2 Å². The number of nitrogens with zero attached hydrogens (tertiary/aromatic N) is 4. The van der Waals surface area contributed by atoms with Crippen LogP contribution in [-0.2, 0) is 9.47 Å². The third-order valence-corrected chi connectivity index (χ3v) is 6.37. The summed E-state index contributed by atoms with van der Waals surface area (Å²) in [5.41, 5.74) is 7.01. The van der Waals surface area contributed by atoms with Gasteiger partial charge in [0.1, 0.15) is 11.1 Å². The molecule has 2 aliphatic heterocycles. The van der Waals surface area contributed by atoms with Crippen LogP contribution in [0.15, 0.2) is 24.3 Å². The summed E-state index contributed by atoms with van der Waals surface area (Å²) in [6.07, 6.45) is 7.29. The number of carbonyl (C=O) groups is 2. The Balaban J connectivity index is 2.04. The van der Waals surface area contributed by atoms with E-state index >= 15 is 0 Å². The molecule has 3 aromatic heterocycles. The van der Waals surface area contributed by atoms with Gasteiger partial charge < -0.3 is 29.2 Å². The maximum atomic E-state index is 13.0. The fraction of sp³-hybridized carbons (Fsp3) is 0.214. The van der Waals surface area contributed by atoms with Gasteiger partial charge in [-0.25, -0.2) is 19.6 Å². The zero-order valence-corrected chi connectivity index (χ0v) is 22.0. The molecule has 194 valence electrons. The van der Waals surface area contributed by atoms with E-state index in [-0.39, 0.29) is 0 Å². The molecule has 0 aromatic carbocycles. The van der Waals surface area contributed by atoms with Gasteiger partial charge in [-0.15, -0.1) is 0 Å². The lowest BCUT2D eigenvalue weighted by molar-refractivity contribution is 0.0593. The third kappa shape index (κ3) is 4.09. The number of fused-ring (bicyclic) bond motifs is 8. The van der Waals surface area contributed by atoms with Gasteiger partial charge in [-0.05, 0) is 48.6 Å². The summed E-state index contributed by atoms with van der Waals surface area (Å²) in [6, 6.07) is 7.40. The van der Waals surface area contributed by atoms with E-state index in [0.717, 1.165) is 22.4 Å². The smallest absolute Gasteiger partial charge is 0.342 e. The van der Waals surface area contributed by atoms with Crippen molar-refractivity contribution in [1.82, 2.24) is 19.9 Å². The molecular weight excluding hydrogens is 484 g/mol. The van der Waals surface area contributed by atoms with E-state index in [1.54, 1.807) is 12.2 Å². The van der Waals surface area contributed by atoms with Crippen molar-refractivity contribution < 1.29 is 19.1 Å². The van der Waals surface area contributed by atoms with Crippen molar-refractivity contribution in [3.63, 3.8) is 0 Å². The molecule has 10 nitrogen and oxygen atoms in total. The predicted octanol–water partition coefficient (Wildman–Crippen LogP) is 4.36. The minimum atomic E-state index is -0.504. The summed E-state index contributed by atoms with van der Waals surface area (Å²) >= 11 is 0. The normalized spacial score (nSPS) is 11.9. The average Bonchev–Trinajstić information content (AvgIpc) is 3.69. The Morgan fingerprint density at radius 2 is 0.947 bits per heavy atom. The molecule has 38 heavy (non-hydrogen) atoms. The van der Waals surface area contributed by atoms with Crippen LogP contribution in [0.2, 0.25) is 0 Å². The number of ether oxygens (including phenoxy) is 2.